The Hall–Kier alpha value is -4.00. The van der Waals surface area contributed by atoms with Crippen LogP contribution in [0, 0.1) is 6.92 Å². The third-order valence-electron chi connectivity index (χ3n) is 5.93. The van der Waals surface area contributed by atoms with Gasteiger partial charge in [0.25, 0.3) is 5.91 Å². The first-order chi connectivity index (χ1) is 16.1. The number of benzene rings is 2. The molecule has 4 aromatic rings. The number of para-hydroxylation sites is 3. The maximum absolute atomic E-state index is 13.6. The molecule has 0 spiro atoms. The van der Waals surface area contributed by atoms with Crippen LogP contribution in [0.2, 0.25) is 0 Å². The van der Waals surface area contributed by atoms with Gasteiger partial charge < -0.3 is 19.0 Å². The van der Waals surface area contributed by atoms with E-state index in [1.54, 1.807) is 18.0 Å². The quantitative estimate of drug-likeness (QED) is 0.458. The number of furan rings is 1. The van der Waals surface area contributed by atoms with Crippen LogP contribution in [0.4, 0.5) is 5.69 Å². The number of ether oxygens (including phenoxy) is 1. The zero-order valence-electron chi connectivity index (χ0n) is 18.8. The molecule has 5 rings (SSSR count). The van der Waals surface area contributed by atoms with Crippen molar-refractivity contribution in [2.75, 3.05) is 38.2 Å². The lowest BCUT2D eigenvalue weighted by Crippen LogP contribution is -2.48. The number of aromatic nitrogens is 2. The van der Waals surface area contributed by atoms with Crippen molar-refractivity contribution in [1.82, 2.24) is 14.7 Å². The van der Waals surface area contributed by atoms with E-state index in [9.17, 15) is 4.79 Å². The van der Waals surface area contributed by atoms with E-state index < -0.39 is 0 Å². The second-order valence-electron chi connectivity index (χ2n) is 8.03. The van der Waals surface area contributed by atoms with E-state index in [-0.39, 0.29) is 5.91 Å². The van der Waals surface area contributed by atoms with Crippen LogP contribution in [0.15, 0.2) is 77.3 Å². The van der Waals surface area contributed by atoms with Crippen LogP contribution in [0.25, 0.3) is 17.1 Å². The highest BCUT2D eigenvalue weighted by atomic mass is 16.5. The van der Waals surface area contributed by atoms with E-state index in [0.717, 1.165) is 36.0 Å². The van der Waals surface area contributed by atoms with Crippen molar-refractivity contribution >= 4 is 11.6 Å². The SMILES string of the molecule is COc1ccccc1N1CCN(C(=O)c2cn(-c3ccccc3)nc2-c2ccc(C)o2)CC1. The van der Waals surface area contributed by atoms with Crippen molar-refractivity contribution in [3.63, 3.8) is 0 Å². The molecule has 1 aliphatic heterocycles. The van der Waals surface area contributed by atoms with E-state index in [2.05, 4.69) is 11.0 Å². The highest BCUT2D eigenvalue weighted by Gasteiger charge is 2.28. The molecule has 3 heterocycles. The number of anilines is 1. The molecule has 33 heavy (non-hydrogen) atoms. The van der Waals surface area contributed by atoms with E-state index in [4.69, 9.17) is 14.3 Å². The maximum atomic E-state index is 13.6. The number of nitrogens with zero attached hydrogens (tertiary/aromatic N) is 4. The van der Waals surface area contributed by atoms with Gasteiger partial charge in [0.2, 0.25) is 0 Å². The van der Waals surface area contributed by atoms with Gasteiger partial charge in [-0.2, -0.15) is 5.10 Å². The van der Waals surface area contributed by atoms with E-state index in [1.165, 1.54) is 0 Å². The zero-order valence-corrected chi connectivity index (χ0v) is 18.8. The highest BCUT2D eigenvalue weighted by molar-refractivity contribution is 5.99. The predicted octanol–water partition coefficient (Wildman–Crippen LogP) is 4.41. The van der Waals surface area contributed by atoms with Crippen LogP contribution in [-0.4, -0.2) is 53.9 Å². The number of rotatable bonds is 5. The number of methoxy groups -OCH3 is 1. The standard InChI is InChI=1S/C26H26N4O3/c1-19-12-13-24(33-19)25-21(18-30(27-25)20-8-4-3-5-9-20)26(31)29-16-14-28(15-17-29)22-10-6-7-11-23(22)32-2/h3-13,18H,14-17H2,1-2H3. The van der Waals surface area contributed by atoms with E-state index in [1.807, 2.05) is 72.5 Å². The molecule has 1 aliphatic rings. The average molecular weight is 443 g/mol. The number of amides is 1. The Bertz CT molecular complexity index is 1250. The Morgan fingerprint density at radius 1 is 0.939 bits per heavy atom. The molecule has 7 nitrogen and oxygen atoms in total. The van der Waals surface area contributed by atoms with Gasteiger partial charge in [0, 0.05) is 32.4 Å². The van der Waals surface area contributed by atoms with Crippen molar-refractivity contribution in [3.8, 4) is 22.9 Å². The monoisotopic (exact) mass is 442 g/mol. The van der Waals surface area contributed by atoms with Gasteiger partial charge in [-0.3, -0.25) is 4.79 Å². The first-order valence-electron chi connectivity index (χ1n) is 11.0. The first-order valence-corrected chi connectivity index (χ1v) is 11.0. The Labute approximate surface area is 192 Å². The number of piperazine rings is 1. The van der Waals surface area contributed by atoms with Crippen molar-refractivity contribution < 1.29 is 13.9 Å². The summed E-state index contributed by atoms with van der Waals surface area (Å²) in [4.78, 5) is 17.7. The minimum Gasteiger partial charge on any atom is -0.495 e. The van der Waals surface area contributed by atoms with Gasteiger partial charge in [-0.1, -0.05) is 30.3 Å². The third-order valence-corrected chi connectivity index (χ3v) is 5.93. The maximum Gasteiger partial charge on any atom is 0.257 e. The molecule has 168 valence electrons. The van der Waals surface area contributed by atoms with Gasteiger partial charge in [-0.05, 0) is 43.3 Å². The fourth-order valence-electron chi connectivity index (χ4n) is 4.20. The fourth-order valence-corrected chi connectivity index (χ4v) is 4.20. The number of hydrogen-bond donors (Lipinski definition) is 0. The molecular weight excluding hydrogens is 416 g/mol. The minimum absolute atomic E-state index is 0.0408. The predicted molar refractivity (Wildman–Crippen MR) is 127 cm³/mol. The van der Waals surface area contributed by atoms with Gasteiger partial charge >= 0.3 is 0 Å². The molecule has 1 amide bonds. The second-order valence-corrected chi connectivity index (χ2v) is 8.03. The molecule has 0 N–H and O–H groups in total. The first kappa shape index (κ1) is 20.9. The van der Waals surface area contributed by atoms with Crippen LogP contribution in [0.5, 0.6) is 5.75 Å². The van der Waals surface area contributed by atoms with Crippen molar-refractivity contribution in [2.45, 2.75) is 6.92 Å². The normalized spacial score (nSPS) is 13.9. The molecule has 0 saturated carbocycles. The van der Waals surface area contributed by atoms with Gasteiger partial charge in [0.15, 0.2) is 5.76 Å². The summed E-state index contributed by atoms with van der Waals surface area (Å²) in [6, 6.07) is 21.5. The Balaban J connectivity index is 1.41. The minimum atomic E-state index is -0.0408. The van der Waals surface area contributed by atoms with Crippen LogP contribution < -0.4 is 9.64 Å². The van der Waals surface area contributed by atoms with Crippen LogP contribution >= 0.6 is 0 Å². The fraction of sp³-hybridized carbons (Fsp3) is 0.231. The van der Waals surface area contributed by atoms with E-state index >= 15 is 0 Å². The Morgan fingerprint density at radius 3 is 2.36 bits per heavy atom. The topological polar surface area (TPSA) is 63.7 Å². The van der Waals surface area contributed by atoms with Crippen LogP contribution in [0.3, 0.4) is 0 Å². The molecule has 2 aromatic heterocycles. The molecule has 1 saturated heterocycles. The molecule has 0 atom stereocenters. The van der Waals surface area contributed by atoms with Crippen molar-refractivity contribution in [3.05, 3.63) is 84.3 Å². The lowest BCUT2D eigenvalue weighted by Gasteiger charge is -2.36. The van der Waals surface area contributed by atoms with Crippen LogP contribution in [0.1, 0.15) is 16.1 Å². The van der Waals surface area contributed by atoms with Gasteiger partial charge in [0.1, 0.15) is 17.2 Å². The zero-order chi connectivity index (χ0) is 22.8. The summed E-state index contributed by atoms with van der Waals surface area (Å²) in [6.45, 7) is 4.58. The molecule has 0 radical (unpaired) electrons. The second kappa shape index (κ2) is 8.86. The highest BCUT2D eigenvalue weighted by Crippen LogP contribution is 2.30. The Morgan fingerprint density at radius 2 is 1.67 bits per heavy atom. The summed E-state index contributed by atoms with van der Waals surface area (Å²) in [5.74, 6) is 2.18. The average Bonchev–Trinajstić information content (AvgIpc) is 3.51. The number of hydrogen-bond acceptors (Lipinski definition) is 5. The molecule has 0 bridgehead atoms. The number of carbonyl (C=O) groups is 1. The van der Waals surface area contributed by atoms with Gasteiger partial charge in [-0.25, -0.2) is 4.68 Å². The summed E-state index contributed by atoms with van der Waals surface area (Å²) in [5.41, 5.74) is 3.04. The largest absolute Gasteiger partial charge is 0.495 e. The van der Waals surface area contributed by atoms with Gasteiger partial charge in [0.05, 0.1) is 24.0 Å². The summed E-state index contributed by atoms with van der Waals surface area (Å²) in [6.07, 6.45) is 1.80. The van der Waals surface area contributed by atoms with E-state index in [0.29, 0.717) is 30.1 Å². The number of aryl methyl sites for hydroxylation is 1. The molecular formula is C26H26N4O3. The molecule has 7 heteroatoms. The smallest absolute Gasteiger partial charge is 0.257 e. The summed E-state index contributed by atoms with van der Waals surface area (Å²) in [5, 5.41) is 4.71. The van der Waals surface area contributed by atoms with Gasteiger partial charge in [-0.15, -0.1) is 0 Å². The molecule has 0 unspecified atom stereocenters. The molecule has 2 aromatic carbocycles. The number of carbonyl (C=O) groups excluding carboxylic acids is 1. The third kappa shape index (κ3) is 4.09. The molecule has 0 aliphatic carbocycles. The lowest BCUT2D eigenvalue weighted by atomic mass is 10.1. The van der Waals surface area contributed by atoms with Crippen molar-refractivity contribution in [2.24, 2.45) is 0 Å². The summed E-state index contributed by atoms with van der Waals surface area (Å²) >= 11 is 0. The summed E-state index contributed by atoms with van der Waals surface area (Å²) in [7, 11) is 1.68. The Kier molecular flexibility index (Phi) is 5.60. The van der Waals surface area contributed by atoms with Crippen molar-refractivity contribution in [1.29, 1.82) is 0 Å². The molecule has 1 fully saturated rings. The van der Waals surface area contributed by atoms with Crippen LogP contribution in [-0.2, 0) is 0 Å². The lowest BCUT2D eigenvalue weighted by molar-refractivity contribution is 0.0747. The summed E-state index contributed by atoms with van der Waals surface area (Å²) < 4.78 is 13.1.